The Labute approximate surface area is 169 Å². The monoisotopic (exact) mass is 396 g/mol. The largest absolute Gasteiger partial charge is 0.326 e. The minimum Gasteiger partial charge on any atom is -0.326 e. The van der Waals surface area contributed by atoms with Crippen LogP contribution in [0.4, 0.5) is 5.69 Å². The SMILES string of the molecule is CC1=C2C(=O)C(C(=O)C(C)C)=CN=C2SC1c1ccc(NC(=O)C(C)C)cc1. The van der Waals surface area contributed by atoms with Crippen LogP contribution in [0.15, 0.2) is 52.2 Å². The summed E-state index contributed by atoms with van der Waals surface area (Å²) in [6.07, 6.45) is 1.41. The molecule has 1 unspecified atom stereocenters. The summed E-state index contributed by atoms with van der Waals surface area (Å²) in [6, 6.07) is 7.64. The van der Waals surface area contributed by atoms with Gasteiger partial charge in [0.1, 0.15) is 5.04 Å². The average molecular weight is 397 g/mol. The zero-order chi connectivity index (χ0) is 20.6. The predicted octanol–water partition coefficient (Wildman–Crippen LogP) is 4.48. The van der Waals surface area contributed by atoms with Crippen molar-refractivity contribution in [1.29, 1.82) is 0 Å². The molecule has 0 fully saturated rings. The summed E-state index contributed by atoms with van der Waals surface area (Å²) < 4.78 is 0. The van der Waals surface area contributed by atoms with Crippen molar-refractivity contribution in [3.63, 3.8) is 0 Å². The highest BCUT2D eigenvalue weighted by Gasteiger charge is 2.38. The van der Waals surface area contributed by atoms with Crippen molar-refractivity contribution in [3.8, 4) is 0 Å². The van der Waals surface area contributed by atoms with Crippen molar-refractivity contribution in [2.45, 2.75) is 39.9 Å². The predicted molar refractivity (Wildman–Crippen MR) is 113 cm³/mol. The van der Waals surface area contributed by atoms with E-state index in [0.29, 0.717) is 10.6 Å². The van der Waals surface area contributed by atoms with E-state index in [9.17, 15) is 14.4 Å². The number of carbonyl (C=O) groups is 3. The quantitative estimate of drug-likeness (QED) is 0.745. The van der Waals surface area contributed by atoms with Crippen LogP contribution in [0.1, 0.15) is 45.4 Å². The van der Waals surface area contributed by atoms with E-state index in [4.69, 9.17) is 0 Å². The Hall–Kier alpha value is -2.47. The zero-order valence-electron chi connectivity index (χ0n) is 16.7. The van der Waals surface area contributed by atoms with Gasteiger partial charge in [-0.3, -0.25) is 14.4 Å². The Morgan fingerprint density at radius 3 is 2.29 bits per heavy atom. The molecule has 0 saturated carbocycles. The van der Waals surface area contributed by atoms with Gasteiger partial charge in [-0.25, -0.2) is 4.99 Å². The molecule has 28 heavy (non-hydrogen) atoms. The van der Waals surface area contributed by atoms with Crippen molar-refractivity contribution in [2.75, 3.05) is 5.32 Å². The van der Waals surface area contributed by atoms with Crippen LogP contribution >= 0.6 is 11.8 Å². The fourth-order valence-corrected chi connectivity index (χ4v) is 4.37. The molecule has 0 spiro atoms. The van der Waals surface area contributed by atoms with Crippen molar-refractivity contribution in [2.24, 2.45) is 16.8 Å². The summed E-state index contributed by atoms with van der Waals surface area (Å²) in [5, 5.41) is 3.51. The molecule has 2 heterocycles. The second kappa shape index (κ2) is 7.87. The summed E-state index contributed by atoms with van der Waals surface area (Å²) in [4.78, 5) is 41.4. The molecule has 0 aliphatic carbocycles. The molecule has 1 atom stereocenters. The van der Waals surface area contributed by atoms with Gasteiger partial charge in [0.15, 0.2) is 5.78 Å². The number of rotatable bonds is 5. The number of thioether (sulfide) groups is 1. The number of anilines is 1. The van der Waals surface area contributed by atoms with E-state index in [1.54, 1.807) is 13.8 Å². The Balaban J connectivity index is 1.84. The lowest BCUT2D eigenvalue weighted by molar-refractivity contribution is -0.122. The number of allylic oxidation sites excluding steroid dienone is 1. The molecule has 1 N–H and O–H groups in total. The first kappa shape index (κ1) is 20.3. The number of nitrogens with one attached hydrogen (secondary N) is 1. The lowest BCUT2D eigenvalue weighted by Crippen LogP contribution is -2.23. The first-order valence-electron chi connectivity index (χ1n) is 9.36. The molecular weight excluding hydrogens is 372 g/mol. The molecule has 3 rings (SSSR count). The van der Waals surface area contributed by atoms with Gasteiger partial charge in [-0.15, -0.1) is 0 Å². The maximum absolute atomic E-state index is 12.9. The number of amides is 1. The highest BCUT2D eigenvalue weighted by molar-refractivity contribution is 8.15. The Bertz CT molecular complexity index is 937. The van der Waals surface area contributed by atoms with E-state index in [2.05, 4.69) is 10.3 Å². The Morgan fingerprint density at radius 2 is 1.71 bits per heavy atom. The fourth-order valence-electron chi connectivity index (χ4n) is 3.08. The van der Waals surface area contributed by atoms with Gasteiger partial charge in [-0.2, -0.15) is 0 Å². The maximum Gasteiger partial charge on any atom is 0.226 e. The second-order valence-corrected chi connectivity index (χ2v) is 8.74. The molecule has 0 radical (unpaired) electrons. The molecule has 0 bridgehead atoms. The minimum atomic E-state index is -0.244. The maximum atomic E-state index is 12.9. The molecule has 0 aromatic heterocycles. The van der Waals surface area contributed by atoms with Crippen molar-refractivity contribution < 1.29 is 14.4 Å². The van der Waals surface area contributed by atoms with Crippen LogP contribution in [0.25, 0.3) is 0 Å². The standard InChI is InChI=1S/C22H24N2O3S/c1-11(2)18(25)16-10-23-22-17(19(16)26)13(5)20(28-22)14-6-8-15(9-7-14)24-21(27)12(3)4/h6-12,20H,1-5H3,(H,24,27). The molecule has 1 aromatic carbocycles. The number of benzene rings is 1. The molecule has 6 heteroatoms. The van der Waals surface area contributed by atoms with Gasteiger partial charge >= 0.3 is 0 Å². The number of ketones is 2. The number of aliphatic imine (C=N–C) groups is 1. The number of hydrogen-bond acceptors (Lipinski definition) is 5. The molecule has 1 amide bonds. The average Bonchev–Trinajstić information content (AvgIpc) is 2.99. The van der Waals surface area contributed by atoms with Gasteiger partial charge in [0.25, 0.3) is 0 Å². The summed E-state index contributed by atoms with van der Waals surface area (Å²) >= 11 is 1.52. The molecule has 1 aromatic rings. The topological polar surface area (TPSA) is 75.6 Å². The van der Waals surface area contributed by atoms with Crippen LogP contribution in [-0.4, -0.2) is 22.5 Å². The second-order valence-electron chi connectivity index (χ2n) is 7.65. The molecule has 5 nitrogen and oxygen atoms in total. The smallest absolute Gasteiger partial charge is 0.226 e. The van der Waals surface area contributed by atoms with E-state index in [1.807, 2.05) is 45.0 Å². The Morgan fingerprint density at radius 1 is 1.07 bits per heavy atom. The van der Waals surface area contributed by atoms with Gasteiger partial charge < -0.3 is 5.32 Å². The molecule has 2 aliphatic heterocycles. The lowest BCUT2D eigenvalue weighted by Gasteiger charge is -2.13. The van der Waals surface area contributed by atoms with Crippen LogP contribution in [0.5, 0.6) is 0 Å². The van der Waals surface area contributed by atoms with Gasteiger partial charge in [-0.1, -0.05) is 51.6 Å². The van der Waals surface area contributed by atoms with E-state index < -0.39 is 0 Å². The van der Waals surface area contributed by atoms with Crippen LogP contribution in [-0.2, 0) is 14.4 Å². The summed E-state index contributed by atoms with van der Waals surface area (Å²) in [5.74, 6) is -0.754. The van der Waals surface area contributed by atoms with Gasteiger partial charge in [0.05, 0.1) is 16.4 Å². The first-order chi connectivity index (χ1) is 13.2. The van der Waals surface area contributed by atoms with Gasteiger partial charge in [0.2, 0.25) is 11.7 Å². The highest BCUT2D eigenvalue weighted by Crippen LogP contribution is 2.48. The number of nitrogens with zero attached hydrogens (tertiary/aromatic N) is 1. The Kier molecular flexibility index (Phi) is 5.70. The number of Topliss-reactive ketones (excluding diaryl/α,β-unsaturated/α-hetero) is 2. The summed E-state index contributed by atoms with van der Waals surface area (Å²) in [7, 11) is 0. The fraction of sp³-hybridized carbons (Fsp3) is 0.364. The lowest BCUT2D eigenvalue weighted by atomic mass is 9.90. The molecule has 2 aliphatic rings. The molecule has 146 valence electrons. The van der Waals surface area contributed by atoms with Crippen molar-refractivity contribution in [1.82, 2.24) is 0 Å². The third-order valence-electron chi connectivity index (χ3n) is 4.81. The van der Waals surface area contributed by atoms with E-state index >= 15 is 0 Å². The first-order valence-corrected chi connectivity index (χ1v) is 10.2. The van der Waals surface area contributed by atoms with Crippen molar-refractivity contribution in [3.05, 3.63) is 52.7 Å². The minimum absolute atomic E-state index is 0.0271. The van der Waals surface area contributed by atoms with E-state index in [0.717, 1.165) is 16.8 Å². The normalized spacial score (nSPS) is 19.0. The number of fused-ring (bicyclic) bond motifs is 1. The van der Waals surface area contributed by atoms with E-state index in [1.165, 1.54) is 18.0 Å². The van der Waals surface area contributed by atoms with E-state index in [-0.39, 0.29) is 40.1 Å². The summed E-state index contributed by atoms with van der Waals surface area (Å²) in [6.45, 7) is 9.18. The zero-order valence-corrected chi connectivity index (χ0v) is 17.5. The van der Waals surface area contributed by atoms with Crippen LogP contribution in [0.2, 0.25) is 0 Å². The third kappa shape index (κ3) is 3.74. The van der Waals surface area contributed by atoms with Crippen LogP contribution < -0.4 is 5.32 Å². The van der Waals surface area contributed by atoms with Crippen LogP contribution in [0.3, 0.4) is 0 Å². The molecular formula is C22H24N2O3S. The van der Waals surface area contributed by atoms with Crippen LogP contribution in [0, 0.1) is 11.8 Å². The highest BCUT2D eigenvalue weighted by atomic mass is 32.2. The third-order valence-corrected chi connectivity index (χ3v) is 6.20. The number of carbonyl (C=O) groups excluding carboxylic acids is 3. The van der Waals surface area contributed by atoms with Gasteiger partial charge in [0, 0.05) is 23.7 Å². The van der Waals surface area contributed by atoms with Crippen molar-refractivity contribution >= 4 is 40.0 Å². The summed E-state index contributed by atoms with van der Waals surface area (Å²) in [5.41, 5.74) is 3.40. The number of hydrogen-bond donors (Lipinski definition) is 1. The molecule has 0 saturated heterocycles. The van der Waals surface area contributed by atoms with Gasteiger partial charge in [-0.05, 0) is 30.2 Å².